The fourth-order valence-electron chi connectivity index (χ4n) is 1.76. The fraction of sp³-hybridized carbons (Fsp3) is 0.500. The van der Waals surface area contributed by atoms with Crippen molar-refractivity contribution in [1.29, 1.82) is 0 Å². The molecule has 0 saturated heterocycles. The van der Waals surface area contributed by atoms with Crippen molar-refractivity contribution >= 4 is 17.5 Å². The number of nitrogens with one attached hydrogen (secondary N) is 2. The zero-order valence-electron chi connectivity index (χ0n) is 13.1. The Bertz CT molecular complexity index is 513. The molecule has 0 aromatic heterocycles. The highest BCUT2D eigenvalue weighted by molar-refractivity contribution is 6.39. The van der Waals surface area contributed by atoms with Crippen LogP contribution in [-0.4, -0.2) is 29.1 Å². The maximum Gasteiger partial charge on any atom is 0.313 e. The zero-order chi connectivity index (χ0) is 16.8. The second kappa shape index (κ2) is 7.89. The maximum absolute atomic E-state index is 12.7. The van der Waals surface area contributed by atoms with Gasteiger partial charge in [0, 0.05) is 12.2 Å². The lowest BCUT2D eigenvalue weighted by Gasteiger charge is -2.24. The first kappa shape index (κ1) is 18.1. The Balaban J connectivity index is 2.44. The van der Waals surface area contributed by atoms with Crippen LogP contribution in [0.3, 0.4) is 0 Å². The van der Waals surface area contributed by atoms with E-state index in [1.807, 2.05) is 13.8 Å². The van der Waals surface area contributed by atoms with Gasteiger partial charge in [-0.25, -0.2) is 4.39 Å². The van der Waals surface area contributed by atoms with Gasteiger partial charge in [-0.1, -0.05) is 13.8 Å². The number of benzene rings is 1. The Hall–Kier alpha value is -1.95. The Morgan fingerprint density at radius 1 is 1.23 bits per heavy atom. The van der Waals surface area contributed by atoms with E-state index >= 15 is 0 Å². The Morgan fingerprint density at radius 3 is 2.36 bits per heavy atom. The molecule has 0 spiro atoms. The molecule has 2 amide bonds. The van der Waals surface area contributed by atoms with Gasteiger partial charge in [-0.05, 0) is 49.9 Å². The van der Waals surface area contributed by atoms with Crippen molar-refractivity contribution in [2.45, 2.75) is 39.2 Å². The number of amides is 2. The zero-order valence-corrected chi connectivity index (χ0v) is 13.1. The van der Waals surface area contributed by atoms with Crippen LogP contribution in [0.2, 0.25) is 0 Å². The molecule has 1 aromatic rings. The third-order valence-electron chi connectivity index (χ3n) is 3.20. The number of carbonyl (C=O) groups excluding carboxylic acids is 2. The Morgan fingerprint density at radius 2 is 1.82 bits per heavy atom. The summed E-state index contributed by atoms with van der Waals surface area (Å²) in [5.41, 5.74) is -0.732. The molecule has 0 heterocycles. The molecule has 1 unspecified atom stereocenters. The van der Waals surface area contributed by atoms with Crippen molar-refractivity contribution < 1.29 is 19.1 Å². The van der Waals surface area contributed by atoms with Crippen LogP contribution in [0.25, 0.3) is 0 Å². The van der Waals surface area contributed by atoms with Gasteiger partial charge < -0.3 is 15.7 Å². The molecule has 5 nitrogen and oxygen atoms in total. The third-order valence-corrected chi connectivity index (χ3v) is 3.20. The molecule has 122 valence electrons. The fourth-order valence-corrected chi connectivity index (χ4v) is 1.76. The molecule has 3 N–H and O–H groups in total. The van der Waals surface area contributed by atoms with E-state index < -0.39 is 23.2 Å². The summed E-state index contributed by atoms with van der Waals surface area (Å²) >= 11 is 0. The molecule has 0 aliphatic carbocycles. The highest BCUT2D eigenvalue weighted by atomic mass is 19.1. The van der Waals surface area contributed by atoms with E-state index in [1.54, 1.807) is 6.92 Å². The number of hydrogen-bond acceptors (Lipinski definition) is 3. The van der Waals surface area contributed by atoms with Crippen LogP contribution < -0.4 is 10.6 Å². The van der Waals surface area contributed by atoms with E-state index in [9.17, 15) is 19.1 Å². The number of anilines is 1. The van der Waals surface area contributed by atoms with Gasteiger partial charge in [-0.3, -0.25) is 9.59 Å². The van der Waals surface area contributed by atoms with Crippen molar-refractivity contribution in [3.05, 3.63) is 30.1 Å². The number of aliphatic hydroxyl groups is 1. The quantitative estimate of drug-likeness (QED) is 0.704. The minimum absolute atomic E-state index is 0.00457. The van der Waals surface area contributed by atoms with E-state index in [1.165, 1.54) is 24.3 Å². The largest absolute Gasteiger partial charge is 0.388 e. The standard InChI is InChI=1S/C16H23FN2O3/c1-11(2)8-9-16(3,22)10-18-14(20)15(21)19-13-6-4-12(17)5-7-13/h4-7,11,22H,8-10H2,1-3H3,(H,18,20)(H,19,21). The van der Waals surface area contributed by atoms with Gasteiger partial charge in [0.15, 0.2) is 0 Å². The van der Waals surface area contributed by atoms with Gasteiger partial charge in [0.2, 0.25) is 0 Å². The molecule has 22 heavy (non-hydrogen) atoms. The smallest absolute Gasteiger partial charge is 0.313 e. The van der Waals surface area contributed by atoms with E-state index in [-0.39, 0.29) is 6.54 Å². The van der Waals surface area contributed by atoms with Crippen LogP contribution in [0.15, 0.2) is 24.3 Å². The first-order valence-electron chi connectivity index (χ1n) is 7.27. The van der Waals surface area contributed by atoms with Crippen LogP contribution in [0.4, 0.5) is 10.1 Å². The Labute approximate surface area is 129 Å². The molecule has 0 aliphatic heterocycles. The average Bonchev–Trinajstić information content (AvgIpc) is 2.45. The van der Waals surface area contributed by atoms with Crippen molar-refractivity contribution in [2.24, 2.45) is 5.92 Å². The lowest BCUT2D eigenvalue weighted by atomic mass is 9.95. The second-order valence-electron chi connectivity index (χ2n) is 6.07. The molecule has 0 aliphatic rings. The van der Waals surface area contributed by atoms with Crippen LogP contribution in [0.5, 0.6) is 0 Å². The van der Waals surface area contributed by atoms with Crippen molar-refractivity contribution in [3.8, 4) is 0 Å². The first-order chi connectivity index (χ1) is 10.2. The van der Waals surface area contributed by atoms with Crippen molar-refractivity contribution in [1.82, 2.24) is 5.32 Å². The van der Waals surface area contributed by atoms with Gasteiger partial charge in [-0.2, -0.15) is 0 Å². The highest BCUT2D eigenvalue weighted by Gasteiger charge is 2.23. The van der Waals surface area contributed by atoms with Gasteiger partial charge in [-0.15, -0.1) is 0 Å². The Kier molecular flexibility index (Phi) is 6.49. The number of carbonyl (C=O) groups is 2. The van der Waals surface area contributed by atoms with Gasteiger partial charge in [0.25, 0.3) is 0 Å². The highest BCUT2D eigenvalue weighted by Crippen LogP contribution is 2.15. The number of halogens is 1. The average molecular weight is 310 g/mol. The predicted molar refractivity (Wildman–Crippen MR) is 82.7 cm³/mol. The molecule has 6 heteroatoms. The van der Waals surface area contributed by atoms with Gasteiger partial charge in [0.05, 0.1) is 5.60 Å². The minimum Gasteiger partial charge on any atom is -0.388 e. The molecule has 1 atom stereocenters. The molecule has 0 fully saturated rings. The first-order valence-corrected chi connectivity index (χ1v) is 7.27. The summed E-state index contributed by atoms with van der Waals surface area (Å²) in [5.74, 6) is -1.67. The monoisotopic (exact) mass is 310 g/mol. The van der Waals surface area contributed by atoms with E-state index in [4.69, 9.17) is 0 Å². The molecule has 1 aromatic carbocycles. The lowest BCUT2D eigenvalue weighted by molar-refractivity contribution is -0.136. The molecular formula is C16H23FN2O3. The molecule has 1 rings (SSSR count). The summed E-state index contributed by atoms with van der Waals surface area (Å²) in [7, 11) is 0. The predicted octanol–water partition coefficient (Wildman–Crippen LogP) is 2.07. The van der Waals surface area contributed by atoms with Gasteiger partial charge in [0.1, 0.15) is 5.82 Å². The third kappa shape index (κ3) is 6.67. The summed E-state index contributed by atoms with van der Waals surface area (Å²) < 4.78 is 12.7. The lowest BCUT2D eigenvalue weighted by Crippen LogP contribution is -2.44. The van der Waals surface area contributed by atoms with Crippen LogP contribution >= 0.6 is 0 Å². The summed E-state index contributed by atoms with van der Waals surface area (Å²) in [6.07, 6.45) is 1.36. The number of hydrogen-bond donors (Lipinski definition) is 3. The summed E-state index contributed by atoms with van der Waals surface area (Å²) in [6.45, 7) is 5.71. The topological polar surface area (TPSA) is 78.4 Å². The minimum atomic E-state index is -1.06. The SMILES string of the molecule is CC(C)CCC(C)(O)CNC(=O)C(=O)Nc1ccc(F)cc1. The van der Waals surface area contributed by atoms with E-state index in [2.05, 4.69) is 10.6 Å². The van der Waals surface area contributed by atoms with E-state index in [0.717, 1.165) is 6.42 Å². The summed E-state index contributed by atoms with van der Waals surface area (Å²) in [5, 5.41) is 14.9. The summed E-state index contributed by atoms with van der Waals surface area (Å²) in [6, 6.07) is 5.09. The normalized spacial score (nSPS) is 13.5. The molecular weight excluding hydrogens is 287 g/mol. The number of rotatable bonds is 6. The van der Waals surface area contributed by atoms with Crippen molar-refractivity contribution in [3.63, 3.8) is 0 Å². The van der Waals surface area contributed by atoms with E-state index in [0.29, 0.717) is 18.0 Å². The van der Waals surface area contributed by atoms with Gasteiger partial charge >= 0.3 is 11.8 Å². The molecule has 0 saturated carbocycles. The van der Waals surface area contributed by atoms with Crippen molar-refractivity contribution in [2.75, 3.05) is 11.9 Å². The molecule has 0 radical (unpaired) electrons. The van der Waals surface area contributed by atoms with Crippen LogP contribution in [0.1, 0.15) is 33.6 Å². The van der Waals surface area contributed by atoms with Crippen LogP contribution in [-0.2, 0) is 9.59 Å². The van der Waals surface area contributed by atoms with Crippen LogP contribution in [0, 0.1) is 11.7 Å². The summed E-state index contributed by atoms with van der Waals surface area (Å²) in [4.78, 5) is 23.4. The maximum atomic E-state index is 12.7. The molecule has 0 bridgehead atoms. The second-order valence-corrected chi connectivity index (χ2v) is 6.07.